The number of aryl methyl sites for hydroxylation is 1. The molecule has 7 nitrogen and oxygen atoms in total. The molecule has 0 aromatic heterocycles. The Morgan fingerprint density at radius 1 is 1.18 bits per heavy atom. The summed E-state index contributed by atoms with van der Waals surface area (Å²) in [4.78, 5) is 27.1. The number of anilines is 1. The third kappa shape index (κ3) is 5.35. The van der Waals surface area contributed by atoms with Crippen LogP contribution in [0, 0.1) is 5.92 Å². The van der Waals surface area contributed by atoms with Crippen LogP contribution in [0.1, 0.15) is 56.0 Å². The van der Waals surface area contributed by atoms with Gasteiger partial charge in [-0.15, -0.1) is 0 Å². The van der Waals surface area contributed by atoms with Crippen LogP contribution in [0.15, 0.2) is 60.0 Å². The third-order valence-electron chi connectivity index (χ3n) is 6.35. The fourth-order valence-electron chi connectivity index (χ4n) is 4.30. The molecule has 0 bridgehead atoms. The van der Waals surface area contributed by atoms with Gasteiger partial charge in [0.2, 0.25) is 0 Å². The van der Waals surface area contributed by atoms with E-state index in [9.17, 15) is 19.8 Å². The first-order valence-corrected chi connectivity index (χ1v) is 11.6. The SMILES string of the molecule is CCCN(C1=C(O)CC(CCc2ccc(O)cc2)(C(C)C)OC1=O)c1cccc(C(=O)OC)c1. The molecule has 2 N–H and O–H groups in total. The van der Waals surface area contributed by atoms with Gasteiger partial charge in [-0.3, -0.25) is 0 Å². The van der Waals surface area contributed by atoms with Gasteiger partial charge in [0.05, 0.1) is 12.7 Å². The minimum Gasteiger partial charge on any atom is -0.510 e. The number of aliphatic hydroxyl groups excluding tert-OH is 1. The largest absolute Gasteiger partial charge is 0.510 e. The molecule has 3 rings (SSSR count). The van der Waals surface area contributed by atoms with Gasteiger partial charge < -0.3 is 24.6 Å². The molecule has 0 fully saturated rings. The highest BCUT2D eigenvalue weighted by atomic mass is 16.6. The predicted octanol–water partition coefficient (Wildman–Crippen LogP) is 5.14. The van der Waals surface area contributed by atoms with Crippen molar-refractivity contribution in [2.45, 2.75) is 52.1 Å². The molecule has 2 aromatic carbocycles. The van der Waals surface area contributed by atoms with Crippen molar-refractivity contribution in [2.75, 3.05) is 18.6 Å². The number of esters is 2. The van der Waals surface area contributed by atoms with Crippen molar-refractivity contribution < 1.29 is 29.3 Å². The fraction of sp³-hybridized carbons (Fsp3) is 0.407. The molecule has 1 atom stereocenters. The lowest BCUT2D eigenvalue weighted by Crippen LogP contribution is -2.48. The van der Waals surface area contributed by atoms with E-state index in [1.165, 1.54) is 7.11 Å². The lowest BCUT2D eigenvalue weighted by Gasteiger charge is -2.42. The molecule has 1 aliphatic rings. The minimum absolute atomic E-state index is 0.0208. The highest BCUT2D eigenvalue weighted by molar-refractivity contribution is 5.95. The van der Waals surface area contributed by atoms with Crippen LogP contribution in [0.25, 0.3) is 0 Å². The van der Waals surface area contributed by atoms with Crippen LogP contribution >= 0.6 is 0 Å². The molecular weight excluding hydrogens is 434 g/mol. The van der Waals surface area contributed by atoms with Crippen LogP contribution in [0.2, 0.25) is 0 Å². The number of phenolic OH excluding ortho intramolecular Hbond substituents is 1. The van der Waals surface area contributed by atoms with Gasteiger partial charge in [-0.05, 0) is 61.1 Å². The summed E-state index contributed by atoms with van der Waals surface area (Å²) in [6.07, 6.45) is 2.07. The average molecular weight is 468 g/mol. The molecular formula is C27H33NO6. The first-order chi connectivity index (χ1) is 16.2. The van der Waals surface area contributed by atoms with Crippen LogP contribution in [0.3, 0.4) is 0 Å². The first kappa shape index (κ1) is 25.1. The number of aliphatic hydroxyl groups is 1. The van der Waals surface area contributed by atoms with Gasteiger partial charge in [0.15, 0.2) is 5.70 Å². The quantitative estimate of drug-likeness (QED) is 0.493. The Morgan fingerprint density at radius 3 is 2.47 bits per heavy atom. The second-order valence-corrected chi connectivity index (χ2v) is 8.94. The molecule has 2 aromatic rings. The number of carbonyl (C=O) groups excluding carboxylic acids is 2. The summed E-state index contributed by atoms with van der Waals surface area (Å²) in [5, 5.41) is 20.7. The maximum atomic E-state index is 13.3. The molecule has 34 heavy (non-hydrogen) atoms. The Bertz CT molecular complexity index is 1060. The predicted molar refractivity (Wildman–Crippen MR) is 130 cm³/mol. The van der Waals surface area contributed by atoms with Crippen LogP contribution in [0.5, 0.6) is 5.75 Å². The Morgan fingerprint density at radius 2 is 1.88 bits per heavy atom. The lowest BCUT2D eigenvalue weighted by atomic mass is 9.79. The second kappa shape index (κ2) is 10.6. The Balaban J connectivity index is 1.93. The number of ether oxygens (including phenoxy) is 2. The van der Waals surface area contributed by atoms with Crippen LogP contribution in [0.4, 0.5) is 5.69 Å². The normalized spacial score (nSPS) is 18.1. The van der Waals surface area contributed by atoms with Crippen molar-refractivity contribution in [1.82, 2.24) is 0 Å². The summed E-state index contributed by atoms with van der Waals surface area (Å²) in [7, 11) is 1.31. The molecule has 0 spiro atoms. The van der Waals surface area contributed by atoms with Crippen molar-refractivity contribution in [1.29, 1.82) is 0 Å². The van der Waals surface area contributed by atoms with Crippen LogP contribution in [-0.4, -0.2) is 41.4 Å². The summed E-state index contributed by atoms with van der Waals surface area (Å²) < 4.78 is 10.9. The molecule has 0 amide bonds. The summed E-state index contributed by atoms with van der Waals surface area (Å²) in [5.74, 6) is -0.910. The molecule has 1 aliphatic heterocycles. The van der Waals surface area contributed by atoms with Crippen molar-refractivity contribution >= 4 is 17.6 Å². The summed E-state index contributed by atoms with van der Waals surface area (Å²) in [6, 6.07) is 13.7. The topological polar surface area (TPSA) is 96.3 Å². The van der Waals surface area contributed by atoms with Gasteiger partial charge in [-0.1, -0.05) is 39.0 Å². The van der Waals surface area contributed by atoms with Gasteiger partial charge in [0.25, 0.3) is 0 Å². The van der Waals surface area contributed by atoms with Crippen LogP contribution < -0.4 is 4.90 Å². The standard InChI is InChI=1S/C27H33NO6/c1-5-15-28(21-8-6-7-20(16-21)25(31)33-4)24-23(30)17-27(18(2)3,34-26(24)32)14-13-19-9-11-22(29)12-10-19/h6-12,16,18,29-30H,5,13-15,17H2,1-4H3. The molecule has 0 radical (unpaired) electrons. The van der Waals surface area contributed by atoms with Crippen LogP contribution in [-0.2, 0) is 20.7 Å². The number of phenols is 1. The molecule has 1 heterocycles. The number of hydrogen-bond acceptors (Lipinski definition) is 7. The van der Waals surface area contributed by atoms with Crippen molar-refractivity contribution in [3.63, 3.8) is 0 Å². The van der Waals surface area contributed by atoms with E-state index in [1.807, 2.05) is 32.9 Å². The smallest absolute Gasteiger partial charge is 0.359 e. The maximum absolute atomic E-state index is 13.3. The third-order valence-corrected chi connectivity index (χ3v) is 6.35. The van der Waals surface area contributed by atoms with Crippen molar-refractivity contribution in [3.8, 4) is 5.75 Å². The lowest BCUT2D eigenvalue weighted by molar-refractivity contribution is -0.166. The molecule has 182 valence electrons. The van der Waals surface area contributed by atoms with Crippen molar-refractivity contribution in [2.24, 2.45) is 5.92 Å². The van der Waals surface area contributed by atoms with Gasteiger partial charge in [-0.25, -0.2) is 9.59 Å². The van der Waals surface area contributed by atoms with E-state index in [0.717, 1.165) is 5.56 Å². The highest BCUT2D eigenvalue weighted by Crippen LogP contribution is 2.40. The zero-order valence-corrected chi connectivity index (χ0v) is 20.2. The van der Waals surface area contributed by atoms with E-state index in [-0.39, 0.29) is 29.5 Å². The number of cyclic esters (lactones) is 1. The molecule has 1 unspecified atom stereocenters. The van der Waals surface area contributed by atoms with Gasteiger partial charge >= 0.3 is 11.9 Å². The number of nitrogens with zero attached hydrogens (tertiary/aromatic N) is 1. The van der Waals surface area contributed by atoms with E-state index in [4.69, 9.17) is 9.47 Å². The zero-order chi connectivity index (χ0) is 24.9. The number of benzene rings is 2. The van der Waals surface area contributed by atoms with E-state index in [0.29, 0.717) is 37.1 Å². The summed E-state index contributed by atoms with van der Waals surface area (Å²) in [5.41, 5.74) is 1.22. The van der Waals surface area contributed by atoms with E-state index < -0.39 is 17.5 Å². The average Bonchev–Trinajstić information content (AvgIpc) is 2.82. The Labute approximate surface area is 200 Å². The number of aromatic hydroxyl groups is 1. The fourth-order valence-corrected chi connectivity index (χ4v) is 4.30. The highest BCUT2D eigenvalue weighted by Gasteiger charge is 2.45. The molecule has 0 aliphatic carbocycles. The maximum Gasteiger partial charge on any atom is 0.359 e. The number of carbonyl (C=O) groups is 2. The van der Waals surface area contributed by atoms with E-state index >= 15 is 0 Å². The van der Waals surface area contributed by atoms with Crippen molar-refractivity contribution in [3.05, 3.63) is 71.1 Å². The first-order valence-electron chi connectivity index (χ1n) is 11.6. The summed E-state index contributed by atoms with van der Waals surface area (Å²) in [6.45, 7) is 6.39. The number of hydrogen-bond donors (Lipinski definition) is 2. The van der Waals surface area contributed by atoms with E-state index in [2.05, 4.69) is 0 Å². The Kier molecular flexibility index (Phi) is 7.87. The number of methoxy groups -OCH3 is 1. The molecule has 7 heteroatoms. The second-order valence-electron chi connectivity index (χ2n) is 8.94. The summed E-state index contributed by atoms with van der Waals surface area (Å²) >= 11 is 0. The van der Waals surface area contributed by atoms with Gasteiger partial charge in [0, 0.05) is 18.7 Å². The molecule has 0 saturated carbocycles. The minimum atomic E-state index is -0.853. The Hall–Kier alpha value is -3.48. The zero-order valence-electron chi connectivity index (χ0n) is 20.2. The molecule has 0 saturated heterocycles. The van der Waals surface area contributed by atoms with E-state index in [1.54, 1.807) is 41.3 Å². The van der Waals surface area contributed by atoms with Gasteiger partial charge in [0.1, 0.15) is 17.1 Å². The number of rotatable bonds is 9. The van der Waals surface area contributed by atoms with Gasteiger partial charge in [-0.2, -0.15) is 0 Å². The monoisotopic (exact) mass is 467 g/mol.